The third-order valence-electron chi connectivity index (χ3n) is 4.14. The van der Waals surface area contributed by atoms with Crippen molar-refractivity contribution in [3.05, 3.63) is 71.4 Å². The van der Waals surface area contributed by atoms with Crippen molar-refractivity contribution in [1.29, 1.82) is 0 Å². The number of aryl methyl sites for hydroxylation is 1. The van der Waals surface area contributed by atoms with Gasteiger partial charge < -0.3 is 10.3 Å². The summed E-state index contributed by atoms with van der Waals surface area (Å²) in [5.41, 5.74) is 9.41. The van der Waals surface area contributed by atoms with E-state index < -0.39 is 5.91 Å². The first-order chi connectivity index (χ1) is 12.0. The Morgan fingerprint density at radius 3 is 2.84 bits per heavy atom. The number of benzene rings is 1. The van der Waals surface area contributed by atoms with E-state index in [1.54, 1.807) is 15.3 Å². The number of primary amides is 1. The molecule has 0 aliphatic rings. The highest BCUT2D eigenvalue weighted by Gasteiger charge is 2.18. The number of nitrogens with two attached hydrogens (primary N) is 1. The van der Waals surface area contributed by atoms with Crippen molar-refractivity contribution in [2.45, 2.75) is 6.92 Å². The summed E-state index contributed by atoms with van der Waals surface area (Å²) in [7, 11) is 0. The van der Waals surface area contributed by atoms with Crippen LogP contribution in [0.4, 0.5) is 0 Å². The number of hydrogen-bond donors (Lipinski definition) is 1. The second kappa shape index (κ2) is 5.75. The first kappa shape index (κ1) is 15.4. The Bertz CT molecular complexity index is 1110. The van der Waals surface area contributed by atoms with Crippen molar-refractivity contribution < 1.29 is 4.79 Å². The summed E-state index contributed by atoms with van der Waals surface area (Å²) in [6, 6.07) is 9.35. The van der Waals surface area contributed by atoms with Gasteiger partial charge in [0.2, 0.25) is 0 Å². The van der Waals surface area contributed by atoms with E-state index in [4.69, 9.17) is 17.3 Å². The smallest absolute Gasteiger partial charge is 0.250 e. The molecule has 3 aromatic heterocycles. The molecule has 124 valence electrons. The Hall–Kier alpha value is -3.12. The van der Waals surface area contributed by atoms with Crippen LogP contribution in [0.25, 0.3) is 22.5 Å². The van der Waals surface area contributed by atoms with Crippen molar-refractivity contribution in [2.24, 2.45) is 5.73 Å². The quantitative estimate of drug-likeness (QED) is 0.615. The summed E-state index contributed by atoms with van der Waals surface area (Å²) in [5, 5.41) is 4.76. The minimum absolute atomic E-state index is 0.411. The molecule has 0 bridgehead atoms. The summed E-state index contributed by atoms with van der Waals surface area (Å²) in [5.74, 6) is 0.155. The lowest BCUT2D eigenvalue weighted by Gasteiger charge is -2.06. The van der Waals surface area contributed by atoms with Crippen LogP contribution in [0.5, 0.6) is 0 Å². The van der Waals surface area contributed by atoms with E-state index in [9.17, 15) is 4.79 Å². The molecule has 0 spiro atoms. The summed E-state index contributed by atoms with van der Waals surface area (Å²) in [6.07, 6.45) is 6.83. The molecular weight excluding hydrogens is 338 g/mol. The molecule has 2 N–H and O–H groups in total. The van der Waals surface area contributed by atoms with E-state index in [-0.39, 0.29) is 0 Å². The van der Waals surface area contributed by atoms with Gasteiger partial charge in [0.05, 0.1) is 5.56 Å². The van der Waals surface area contributed by atoms with Crippen molar-refractivity contribution in [3.8, 4) is 16.9 Å². The van der Waals surface area contributed by atoms with Crippen LogP contribution >= 0.6 is 11.6 Å². The van der Waals surface area contributed by atoms with Crippen molar-refractivity contribution >= 4 is 23.0 Å². The number of rotatable bonds is 3. The minimum Gasteiger partial charge on any atom is -0.366 e. The van der Waals surface area contributed by atoms with Crippen molar-refractivity contribution in [1.82, 2.24) is 19.2 Å². The molecule has 1 aromatic carbocycles. The number of carbonyl (C=O) groups is 1. The molecule has 25 heavy (non-hydrogen) atoms. The van der Waals surface area contributed by atoms with Gasteiger partial charge in [-0.3, -0.25) is 4.79 Å². The molecular formula is C18H14ClN5O. The molecule has 0 unspecified atom stereocenters. The van der Waals surface area contributed by atoms with Gasteiger partial charge in [-0.1, -0.05) is 17.7 Å². The van der Waals surface area contributed by atoms with Gasteiger partial charge in [0.1, 0.15) is 11.8 Å². The largest absolute Gasteiger partial charge is 0.366 e. The second-order valence-corrected chi connectivity index (χ2v) is 6.17. The standard InChI is InChI=1S/C18H14ClN5O/c1-11-4-5-12(19)7-13(11)14-8-23(9-15(14)17(20)25)18-16-3-2-6-24(16)22-10-21-18/h2-10H,1H3,(H2,20,25). The number of fused-ring (bicyclic) bond motifs is 1. The minimum atomic E-state index is -0.506. The lowest BCUT2D eigenvalue weighted by Crippen LogP contribution is -2.11. The highest BCUT2D eigenvalue weighted by Crippen LogP contribution is 2.31. The molecule has 3 heterocycles. The number of carbonyl (C=O) groups excluding carboxylic acids is 1. The fraction of sp³-hybridized carbons (Fsp3) is 0.0556. The summed E-state index contributed by atoms with van der Waals surface area (Å²) >= 11 is 6.14. The summed E-state index contributed by atoms with van der Waals surface area (Å²) in [6.45, 7) is 1.96. The molecule has 0 fully saturated rings. The zero-order valence-electron chi connectivity index (χ0n) is 13.3. The highest BCUT2D eigenvalue weighted by molar-refractivity contribution is 6.31. The SMILES string of the molecule is Cc1ccc(Cl)cc1-c1cn(-c2ncnn3cccc23)cc1C(N)=O. The van der Waals surface area contributed by atoms with Crippen LogP contribution in [-0.4, -0.2) is 25.1 Å². The van der Waals surface area contributed by atoms with Crippen LogP contribution in [0.1, 0.15) is 15.9 Å². The average molecular weight is 352 g/mol. The molecule has 0 aliphatic carbocycles. The molecule has 0 atom stereocenters. The van der Waals surface area contributed by atoms with Crippen LogP contribution < -0.4 is 5.73 Å². The lowest BCUT2D eigenvalue weighted by molar-refractivity contribution is 0.100. The second-order valence-electron chi connectivity index (χ2n) is 5.74. The molecule has 0 saturated heterocycles. The number of amides is 1. The third kappa shape index (κ3) is 2.56. The molecule has 0 aliphatic heterocycles. The van der Waals surface area contributed by atoms with Crippen LogP contribution in [0.2, 0.25) is 5.02 Å². The van der Waals surface area contributed by atoms with Crippen molar-refractivity contribution in [2.75, 3.05) is 0 Å². The fourth-order valence-electron chi connectivity index (χ4n) is 2.92. The van der Waals surface area contributed by atoms with E-state index in [2.05, 4.69) is 10.1 Å². The fourth-order valence-corrected chi connectivity index (χ4v) is 3.10. The van der Waals surface area contributed by atoms with Crippen LogP contribution in [0.3, 0.4) is 0 Å². The predicted molar refractivity (Wildman–Crippen MR) is 96.0 cm³/mol. The molecule has 1 amide bonds. The molecule has 0 radical (unpaired) electrons. The van der Waals surface area contributed by atoms with Gasteiger partial charge in [-0.05, 0) is 42.3 Å². The van der Waals surface area contributed by atoms with Gasteiger partial charge in [0, 0.05) is 29.2 Å². The topological polar surface area (TPSA) is 78.2 Å². The zero-order valence-corrected chi connectivity index (χ0v) is 14.1. The van der Waals surface area contributed by atoms with Crippen LogP contribution in [0.15, 0.2) is 55.2 Å². The van der Waals surface area contributed by atoms with Gasteiger partial charge in [0.25, 0.3) is 5.91 Å². The molecule has 6 nitrogen and oxygen atoms in total. The Balaban J connectivity index is 1.97. The lowest BCUT2D eigenvalue weighted by atomic mass is 10.00. The Labute approximate surface area is 148 Å². The first-order valence-corrected chi connectivity index (χ1v) is 7.99. The summed E-state index contributed by atoms with van der Waals surface area (Å²) in [4.78, 5) is 16.3. The number of nitrogens with zero attached hydrogens (tertiary/aromatic N) is 4. The molecule has 0 saturated carbocycles. The third-order valence-corrected chi connectivity index (χ3v) is 4.37. The average Bonchev–Trinajstić information content (AvgIpc) is 3.23. The maximum absolute atomic E-state index is 12.0. The Morgan fingerprint density at radius 2 is 2.04 bits per heavy atom. The number of aromatic nitrogens is 4. The van der Waals surface area contributed by atoms with E-state index in [0.29, 0.717) is 16.4 Å². The first-order valence-electron chi connectivity index (χ1n) is 7.61. The van der Waals surface area contributed by atoms with E-state index >= 15 is 0 Å². The highest BCUT2D eigenvalue weighted by atomic mass is 35.5. The zero-order chi connectivity index (χ0) is 17.6. The predicted octanol–water partition coefficient (Wildman–Crippen LogP) is 3.25. The van der Waals surface area contributed by atoms with Gasteiger partial charge in [-0.2, -0.15) is 5.10 Å². The number of hydrogen-bond acceptors (Lipinski definition) is 3. The van der Waals surface area contributed by atoms with Gasteiger partial charge in [0.15, 0.2) is 5.82 Å². The Morgan fingerprint density at radius 1 is 1.20 bits per heavy atom. The summed E-state index contributed by atoms with van der Waals surface area (Å²) < 4.78 is 3.50. The molecule has 4 aromatic rings. The maximum atomic E-state index is 12.0. The monoisotopic (exact) mass is 351 g/mol. The van der Waals surface area contributed by atoms with E-state index in [1.165, 1.54) is 6.33 Å². The van der Waals surface area contributed by atoms with E-state index in [1.807, 2.05) is 49.6 Å². The normalized spacial score (nSPS) is 11.1. The van der Waals surface area contributed by atoms with E-state index in [0.717, 1.165) is 22.2 Å². The van der Waals surface area contributed by atoms with Crippen molar-refractivity contribution in [3.63, 3.8) is 0 Å². The van der Waals surface area contributed by atoms with Crippen LogP contribution in [-0.2, 0) is 0 Å². The van der Waals surface area contributed by atoms with Gasteiger partial charge >= 0.3 is 0 Å². The van der Waals surface area contributed by atoms with Gasteiger partial charge in [-0.15, -0.1) is 0 Å². The molecule has 4 rings (SSSR count). The van der Waals surface area contributed by atoms with Crippen LogP contribution in [0, 0.1) is 6.92 Å². The molecule has 7 heteroatoms. The Kier molecular flexibility index (Phi) is 3.54. The maximum Gasteiger partial charge on any atom is 0.250 e. The number of halogens is 1. The van der Waals surface area contributed by atoms with Gasteiger partial charge in [-0.25, -0.2) is 9.50 Å².